The van der Waals surface area contributed by atoms with Crippen LogP contribution >= 0.6 is 11.3 Å². The molecular weight excluding hydrogens is 310 g/mol. The second-order valence-electron chi connectivity index (χ2n) is 6.48. The van der Waals surface area contributed by atoms with E-state index in [1.54, 1.807) is 11.3 Å². The smallest absolute Gasteiger partial charge is 0.318 e. The van der Waals surface area contributed by atoms with E-state index in [1.165, 1.54) is 25.9 Å². The number of aromatic nitrogens is 2. The zero-order chi connectivity index (χ0) is 15.6. The standard InChI is InChI=1S/C16H23N5OS/c22-15(17-10-13-11-20-8-9-23-16(20)18-13)21-7-3-4-14(21)12-19-5-1-2-6-19/h8-9,11,14H,1-7,10,12H2,(H,17,22). The number of thiazole rings is 1. The number of hydrogen-bond acceptors (Lipinski definition) is 4. The summed E-state index contributed by atoms with van der Waals surface area (Å²) in [5.74, 6) is 0. The van der Waals surface area contributed by atoms with Gasteiger partial charge in [-0.15, -0.1) is 11.3 Å². The summed E-state index contributed by atoms with van der Waals surface area (Å²) in [4.78, 5) is 22.5. The second kappa shape index (κ2) is 6.49. The Balaban J connectivity index is 1.32. The highest BCUT2D eigenvalue weighted by Gasteiger charge is 2.30. The lowest BCUT2D eigenvalue weighted by Crippen LogP contribution is -2.46. The fraction of sp³-hybridized carbons (Fsp3) is 0.625. The minimum atomic E-state index is 0.0584. The minimum absolute atomic E-state index is 0.0584. The Bertz CT molecular complexity index is 646. The highest BCUT2D eigenvalue weighted by molar-refractivity contribution is 7.15. The highest BCUT2D eigenvalue weighted by Crippen LogP contribution is 2.20. The van der Waals surface area contributed by atoms with Crippen LogP contribution in [0.5, 0.6) is 0 Å². The van der Waals surface area contributed by atoms with Crippen LogP contribution in [0.2, 0.25) is 0 Å². The van der Waals surface area contributed by atoms with Crippen molar-refractivity contribution in [3.8, 4) is 0 Å². The molecule has 0 radical (unpaired) electrons. The van der Waals surface area contributed by atoms with Crippen molar-refractivity contribution in [1.82, 2.24) is 24.5 Å². The number of hydrogen-bond donors (Lipinski definition) is 1. The number of carbonyl (C=O) groups excluding carboxylic acids is 1. The molecule has 4 rings (SSSR count). The lowest BCUT2D eigenvalue weighted by Gasteiger charge is -2.28. The summed E-state index contributed by atoms with van der Waals surface area (Å²) in [6, 6.07) is 0.432. The molecule has 2 saturated heterocycles. The zero-order valence-electron chi connectivity index (χ0n) is 13.3. The summed E-state index contributed by atoms with van der Waals surface area (Å²) in [5, 5.41) is 5.06. The molecule has 2 aliphatic heterocycles. The molecule has 23 heavy (non-hydrogen) atoms. The van der Waals surface area contributed by atoms with Crippen molar-refractivity contribution in [2.45, 2.75) is 38.3 Å². The van der Waals surface area contributed by atoms with Crippen molar-refractivity contribution in [2.75, 3.05) is 26.2 Å². The number of imidazole rings is 1. The Hall–Kier alpha value is -1.60. The molecule has 7 heteroatoms. The predicted octanol–water partition coefficient (Wildman–Crippen LogP) is 2.17. The number of carbonyl (C=O) groups is 1. The molecule has 2 amide bonds. The molecule has 0 aromatic carbocycles. The summed E-state index contributed by atoms with van der Waals surface area (Å²) in [7, 11) is 0. The zero-order valence-corrected chi connectivity index (χ0v) is 14.1. The van der Waals surface area contributed by atoms with Gasteiger partial charge in [0.05, 0.1) is 12.2 Å². The number of urea groups is 1. The predicted molar refractivity (Wildman–Crippen MR) is 90.7 cm³/mol. The highest BCUT2D eigenvalue weighted by atomic mass is 32.1. The van der Waals surface area contributed by atoms with Crippen LogP contribution in [-0.2, 0) is 6.54 Å². The third-order valence-corrected chi connectivity index (χ3v) is 5.64. The van der Waals surface area contributed by atoms with Gasteiger partial charge in [-0.1, -0.05) is 0 Å². The van der Waals surface area contributed by atoms with Crippen molar-refractivity contribution in [3.63, 3.8) is 0 Å². The molecule has 4 heterocycles. The van der Waals surface area contributed by atoms with Crippen LogP contribution in [0.3, 0.4) is 0 Å². The van der Waals surface area contributed by atoms with Crippen molar-refractivity contribution in [1.29, 1.82) is 0 Å². The van der Waals surface area contributed by atoms with E-state index in [0.29, 0.717) is 12.6 Å². The van der Waals surface area contributed by atoms with E-state index in [4.69, 9.17) is 0 Å². The van der Waals surface area contributed by atoms with E-state index in [1.807, 2.05) is 27.1 Å². The number of rotatable bonds is 4. The van der Waals surface area contributed by atoms with E-state index in [-0.39, 0.29) is 6.03 Å². The summed E-state index contributed by atoms with van der Waals surface area (Å²) in [6.07, 6.45) is 8.83. The maximum absolute atomic E-state index is 12.5. The Morgan fingerprint density at radius 2 is 2.17 bits per heavy atom. The molecule has 2 aromatic heterocycles. The van der Waals surface area contributed by atoms with Gasteiger partial charge in [0, 0.05) is 36.9 Å². The van der Waals surface area contributed by atoms with Crippen LogP contribution in [0.25, 0.3) is 4.96 Å². The molecule has 2 aromatic rings. The average Bonchev–Trinajstić information content (AvgIpc) is 3.29. The SMILES string of the molecule is O=C(NCc1cn2ccsc2n1)N1CCCC1CN1CCCC1. The first-order valence-corrected chi connectivity index (χ1v) is 9.35. The molecule has 2 aliphatic rings. The minimum Gasteiger partial charge on any atom is -0.332 e. The van der Waals surface area contributed by atoms with E-state index in [2.05, 4.69) is 15.2 Å². The number of nitrogens with zero attached hydrogens (tertiary/aromatic N) is 4. The molecule has 0 saturated carbocycles. The van der Waals surface area contributed by atoms with Crippen molar-refractivity contribution in [2.24, 2.45) is 0 Å². The molecule has 1 N–H and O–H groups in total. The van der Waals surface area contributed by atoms with Gasteiger partial charge in [-0.25, -0.2) is 9.78 Å². The van der Waals surface area contributed by atoms with Gasteiger partial charge in [0.15, 0.2) is 4.96 Å². The van der Waals surface area contributed by atoms with Gasteiger partial charge in [0.25, 0.3) is 0 Å². The maximum Gasteiger partial charge on any atom is 0.318 e. The Labute approximate surface area is 140 Å². The van der Waals surface area contributed by atoms with Gasteiger partial charge in [0.2, 0.25) is 0 Å². The quantitative estimate of drug-likeness (QED) is 0.933. The fourth-order valence-corrected chi connectivity index (χ4v) is 4.40. The molecule has 124 valence electrons. The summed E-state index contributed by atoms with van der Waals surface area (Å²) < 4.78 is 2.00. The van der Waals surface area contributed by atoms with Crippen LogP contribution in [0.4, 0.5) is 4.79 Å². The molecular formula is C16H23N5OS. The maximum atomic E-state index is 12.5. The average molecular weight is 333 g/mol. The van der Waals surface area contributed by atoms with Crippen LogP contribution in [-0.4, -0.2) is 57.4 Å². The van der Waals surface area contributed by atoms with Crippen LogP contribution < -0.4 is 5.32 Å². The lowest BCUT2D eigenvalue weighted by atomic mass is 10.2. The first-order valence-electron chi connectivity index (χ1n) is 8.47. The topological polar surface area (TPSA) is 52.9 Å². The largest absolute Gasteiger partial charge is 0.332 e. The van der Waals surface area contributed by atoms with Gasteiger partial charge in [-0.05, 0) is 38.8 Å². The Morgan fingerprint density at radius 3 is 3.00 bits per heavy atom. The van der Waals surface area contributed by atoms with Gasteiger partial charge < -0.3 is 15.1 Å². The third-order valence-electron chi connectivity index (χ3n) is 4.87. The van der Waals surface area contributed by atoms with Crippen LogP contribution in [0.15, 0.2) is 17.8 Å². The summed E-state index contributed by atoms with van der Waals surface area (Å²) in [5.41, 5.74) is 0.917. The van der Waals surface area contributed by atoms with Crippen LogP contribution in [0.1, 0.15) is 31.4 Å². The Morgan fingerprint density at radius 1 is 1.30 bits per heavy atom. The molecule has 0 spiro atoms. The van der Waals surface area contributed by atoms with Crippen molar-refractivity contribution < 1.29 is 4.79 Å². The molecule has 2 fully saturated rings. The molecule has 0 aliphatic carbocycles. The number of nitrogens with one attached hydrogen (secondary N) is 1. The fourth-order valence-electron chi connectivity index (χ4n) is 3.69. The molecule has 0 bridgehead atoms. The van der Waals surface area contributed by atoms with Gasteiger partial charge in [-0.2, -0.15) is 0 Å². The Kier molecular flexibility index (Phi) is 4.22. The van der Waals surface area contributed by atoms with Crippen molar-refractivity contribution >= 4 is 22.3 Å². The van der Waals surface area contributed by atoms with Crippen LogP contribution in [0, 0.1) is 0 Å². The van der Waals surface area contributed by atoms with E-state index in [0.717, 1.165) is 36.6 Å². The van der Waals surface area contributed by atoms with Crippen molar-refractivity contribution in [3.05, 3.63) is 23.5 Å². The second-order valence-corrected chi connectivity index (χ2v) is 7.35. The first kappa shape index (κ1) is 15.0. The summed E-state index contributed by atoms with van der Waals surface area (Å²) >= 11 is 1.61. The monoisotopic (exact) mass is 333 g/mol. The van der Waals surface area contributed by atoms with E-state index in [9.17, 15) is 4.79 Å². The summed E-state index contributed by atoms with van der Waals surface area (Å²) in [6.45, 7) is 4.80. The van der Waals surface area contributed by atoms with E-state index >= 15 is 0 Å². The normalized spacial score (nSPS) is 22.3. The molecule has 1 atom stereocenters. The van der Waals surface area contributed by atoms with Gasteiger partial charge in [0.1, 0.15) is 0 Å². The molecule has 6 nitrogen and oxygen atoms in total. The first-order chi connectivity index (χ1) is 11.3. The third kappa shape index (κ3) is 3.21. The number of likely N-dealkylation sites (tertiary alicyclic amines) is 2. The van der Waals surface area contributed by atoms with Gasteiger partial charge in [-0.3, -0.25) is 4.40 Å². The van der Waals surface area contributed by atoms with E-state index < -0.39 is 0 Å². The number of fused-ring (bicyclic) bond motifs is 1. The number of amides is 2. The lowest BCUT2D eigenvalue weighted by molar-refractivity contribution is 0.174. The van der Waals surface area contributed by atoms with Gasteiger partial charge >= 0.3 is 6.03 Å². The molecule has 1 unspecified atom stereocenters.